The van der Waals surface area contributed by atoms with Gasteiger partial charge in [-0.15, -0.1) is 0 Å². The molecule has 2 saturated carbocycles. The van der Waals surface area contributed by atoms with Crippen molar-refractivity contribution < 1.29 is 0 Å². The Bertz CT molecular complexity index is 595. The molecule has 4 rings (SSSR count). The average Bonchev–Trinajstić information content (AvgIpc) is 2.98. The van der Waals surface area contributed by atoms with Crippen molar-refractivity contribution in [3.8, 4) is 0 Å². The van der Waals surface area contributed by atoms with Crippen molar-refractivity contribution in [3.63, 3.8) is 0 Å². The molecule has 0 spiro atoms. The van der Waals surface area contributed by atoms with Gasteiger partial charge in [-0.2, -0.15) is 0 Å². The van der Waals surface area contributed by atoms with E-state index in [0.29, 0.717) is 10.8 Å². The minimum atomic E-state index is 0.557. The Balaban J connectivity index is 1.50. The molecule has 4 aliphatic carbocycles. The Morgan fingerprint density at radius 1 is 0.926 bits per heavy atom. The molecule has 0 nitrogen and oxygen atoms in total. The summed E-state index contributed by atoms with van der Waals surface area (Å²) in [6.07, 6.45) is 22.0. The summed E-state index contributed by atoms with van der Waals surface area (Å²) in [7, 11) is 0. The fourth-order valence-electron chi connectivity index (χ4n) is 8.12. The van der Waals surface area contributed by atoms with Crippen LogP contribution in [0.3, 0.4) is 0 Å². The average molecular weight is 369 g/mol. The third kappa shape index (κ3) is 3.28. The highest BCUT2D eigenvalue weighted by molar-refractivity contribution is 5.28. The highest BCUT2D eigenvalue weighted by Crippen LogP contribution is 2.66. The van der Waals surface area contributed by atoms with Crippen LogP contribution in [0, 0.1) is 46.3 Å². The number of rotatable bonds is 5. The van der Waals surface area contributed by atoms with Crippen LogP contribution in [0.25, 0.3) is 0 Å². The standard InChI is InChI=1S/C27H44/c1-19(2)9-8-10-20(3)23-14-15-24-22-13-12-21-11-6-7-17-26(21,4)25(22)16-18-27(23,24)5/h6-7,13,19-21,23-25H,8-12,14-18H2,1-5H3/t20-,21-,23-,24+,25+,26+,27-/m1/s1. The van der Waals surface area contributed by atoms with Crippen molar-refractivity contribution in [1.29, 1.82) is 0 Å². The van der Waals surface area contributed by atoms with Crippen LogP contribution in [0.4, 0.5) is 0 Å². The van der Waals surface area contributed by atoms with Gasteiger partial charge in [-0.05, 0) is 91.3 Å². The third-order valence-corrected chi connectivity index (χ3v) is 9.83. The van der Waals surface area contributed by atoms with Crippen molar-refractivity contribution in [2.75, 3.05) is 0 Å². The van der Waals surface area contributed by atoms with Gasteiger partial charge in [-0.3, -0.25) is 0 Å². The zero-order valence-corrected chi connectivity index (χ0v) is 18.8. The minimum Gasteiger partial charge on any atom is -0.0882 e. The smallest absolute Gasteiger partial charge is 0.0140 e. The summed E-state index contributed by atoms with van der Waals surface area (Å²) in [6.45, 7) is 12.7. The van der Waals surface area contributed by atoms with Crippen LogP contribution in [0.2, 0.25) is 0 Å². The maximum Gasteiger partial charge on any atom is -0.0140 e. The quantitative estimate of drug-likeness (QED) is 0.429. The number of allylic oxidation sites excluding steroid dienone is 4. The van der Waals surface area contributed by atoms with Gasteiger partial charge in [0.2, 0.25) is 0 Å². The Morgan fingerprint density at radius 2 is 1.70 bits per heavy atom. The van der Waals surface area contributed by atoms with E-state index in [2.05, 4.69) is 52.8 Å². The second-order valence-corrected chi connectivity index (χ2v) is 11.7. The van der Waals surface area contributed by atoms with Gasteiger partial charge in [-0.1, -0.05) is 77.7 Å². The fraction of sp³-hybridized carbons (Fsp3) is 0.852. The number of hydrogen-bond donors (Lipinski definition) is 0. The van der Waals surface area contributed by atoms with Crippen molar-refractivity contribution in [1.82, 2.24) is 0 Å². The molecule has 2 fully saturated rings. The van der Waals surface area contributed by atoms with Gasteiger partial charge < -0.3 is 0 Å². The summed E-state index contributed by atoms with van der Waals surface area (Å²) in [6, 6.07) is 0. The van der Waals surface area contributed by atoms with Gasteiger partial charge in [0, 0.05) is 0 Å². The second-order valence-electron chi connectivity index (χ2n) is 11.7. The summed E-state index contributed by atoms with van der Waals surface area (Å²) in [5.41, 5.74) is 3.07. The van der Waals surface area contributed by atoms with Gasteiger partial charge in [0.25, 0.3) is 0 Å². The van der Waals surface area contributed by atoms with E-state index < -0.39 is 0 Å². The summed E-state index contributed by atoms with van der Waals surface area (Å²) < 4.78 is 0. The highest BCUT2D eigenvalue weighted by atomic mass is 14.6. The Kier molecular flexibility index (Phi) is 5.41. The summed E-state index contributed by atoms with van der Waals surface area (Å²) in [5.74, 6) is 5.44. The molecule has 7 atom stereocenters. The molecule has 0 amide bonds. The normalized spacial score (nSPS) is 44.4. The van der Waals surface area contributed by atoms with Crippen LogP contribution < -0.4 is 0 Å². The van der Waals surface area contributed by atoms with Crippen molar-refractivity contribution in [2.45, 2.75) is 98.8 Å². The Labute approximate surface area is 169 Å². The van der Waals surface area contributed by atoms with Crippen LogP contribution >= 0.6 is 0 Å². The summed E-state index contributed by atoms with van der Waals surface area (Å²) >= 11 is 0. The molecule has 0 unspecified atom stereocenters. The second kappa shape index (κ2) is 7.38. The largest absolute Gasteiger partial charge is 0.0882 e. The summed E-state index contributed by atoms with van der Waals surface area (Å²) in [4.78, 5) is 0. The van der Waals surface area contributed by atoms with Crippen molar-refractivity contribution in [2.24, 2.45) is 46.3 Å². The molecule has 0 heteroatoms. The molecule has 27 heavy (non-hydrogen) atoms. The zero-order valence-electron chi connectivity index (χ0n) is 18.8. The Morgan fingerprint density at radius 3 is 2.48 bits per heavy atom. The first-order chi connectivity index (χ1) is 12.9. The van der Waals surface area contributed by atoms with Gasteiger partial charge in [0.15, 0.2) is 0 Å². The molecule has 0 bridgehead atoms. The maximum absolute atomic E-state index is 2.75. The topological polar surface area (TPSA) is 0 Å². The molecular formula is C27H44. The SMILES string of the molecule is CC(C)CCC[C@@H](C)[C@H]1CC[C@H]2C3=CC[C@H]4CC=CC[C@]4(C)[C@H]3CC[C@]12C. The van der Waals surface area contributed by atoms with Crippen molar-refractivity contribution in [3.05, 3.63) is 23.8 Å². The van der Waals surface area contributed by atoms with Crippen molar-refractivity contribution >= 4 is 0 Å². The van der Waals surface area contributed by atoms with Crippen LogP contribution in [0.5, 0.6) is 0 Å². The van der Waals surface area contributed by atoms with Crippen LogP contribution in [-0.4, -0.2) is 0 Å². The monoisotopic (exact) mass is 368 g/mol. The van der Waals surface area contributed by atoms with E-state index in [9.17, 15) is 0 Å². The lowest BCUT2D eigenvalue weighted by Gasteiger charge is -2.56. The van der Waals surface area contributed by atoms with E-state index in [1.54, 1.807) is 0 Å². The molecule has 0 N–H and O–H groups in total. The lowest BCUT2D eigenvalue weighted by molar-refractivity contribution is 0.0122. The maximum atomic E-state index is 2.75. The van der Waals surface area contributed by atoms with Crippen LogP contribution in [0.1, 0.15) is 98.8 Å². The lowest BCUT2D eigenvalue weighted by Crippen LogP contribution is -2.47. The Hall–Kier alpha value is -0.520. The van der Waals surface area contributed by atoms with Gasteiger partial charge in [0.05, 0.1) is 0 Å². The fourth-order valence-corrected chi connectivity index (χ4v) is 8.12. The molecule has 0 saturated heterocycles. The van der Waals surface area contributed by atoms with E-state index in [4.69, 9.17) is 0 Å². The molecular weight excluding hydrogens is 324 g/mol. The molecule has 0 aliphatic heterocycles. The predicted octanol–water partition coefficient (Wildman–Crippen LogP) is 8.19. The van der Waals surface area contributed by atoms with E-state index >= 15 is 0 Å². The van der Waals surface area contributed by atoms with Crippen LogP contribution in [0.15, 0.2) is 23.8 Å². The van der Waals surface area contributed by atoms with Crippen LogP contribution in [-0.2, 0) is 0 Å². The first kappa shape index (κ1) is 19.8. The summed E-state index contributed by atoms with van der Waals surface area (Å²) in [5, 5.41) is 0. The predicted molar refractivity (Wildman–Crippen MR) is 118 cm³/mol. The number of fused-ring (bicyclic) bond motifs is 5. The first-order valence-corrected chi connectivity index (χ1v) is 12.2. The van der Waals surface area contributed by atoms with Gasteiger partial charge in [0.1, 0.15) is 0 Å². The molecule has 152 valence electrons. The highest BCUT2D eigenvalue weighted by Gasteiger charge is 2.57. The third-order valence-electron chi connectivity index (χ3n) is 9.83. The molecule has 0 aromatic heterocycles. The van der Waals surface area contributed by atoms with E-state index in [1.807, 2.05) is 5.57 Å². The van der Waals surface area contributed by atoms with E-state index in [0.717, 1.165) is 35.5 Å². The van der Waals surface area contributed by atoms with Gasteiger partial charge >= 0.3 is 0 Å². The van der Waals surface area contributed by atoms with E-state index in [1.165, 1.54) is 64.2 Å². The van der Waals surface area contributed by atoms with Gasteiger partial charge in [-0.25, -0.2) is 0 Å². The van der Waals surface area contributed by atoms with E-state index in [-0.39, 0.29) is 0 Å². The minimum absolute atomic E-state index is 0.557. The zero-order chi connectivity index (χ0) is 19.2. The first-order valence-electron chi connectivity index (χ1n) is 12.2. The number of hydrogen-bond acceptors (Lipinski definition) is 0. The lowest BCUT2D eigenvalue weighted by atomic mass is 9.48. The molecule has 0 aromatic rings. The molecule has 0 aromatic carbocycles. The molecule has 4 aliphatic rings. The molecule has 0 radical (unpaired) electrons. The molecule has 0 heterocycles.